The van der Waals surface area contributed by atoms with Crippen LogP contribution in [0.5, 0.6) is 0 Å². The second-order valence-corrected chi connectivity index (χ2v) is 3.92. The smallest absolute Gasteiger partial charge is 0.136 e. The van der Waals surface area contributed by atoms with Gasteiger partial charge in [-0.1, -0.05) is 30.3 Å². The van der Waals surface area contributed by atoms with E-state index in [1.165, 1.54) is 5.56 Å². The number of nitrogens with two attached hydrogens (primary N) is 1. The molecule has 4 heteroatoms. The second-order valence-electron chi connectivity index (χ2n) is 3.92. The van der Waals surface area contributed by atoms with Gasteiger partial charge in [0.05, 0.1) is 0 Å². The van der Waals surface area contributed by atoms with E-state index in [1.54, 1.807) is 0 Å². The van der Waals surface area contributed by atoms with Gasteiger partial charge in [0.25, 0.3) is 0 Å². The topological polar surface area (TPSA) is 64.7 Å². The molecule has 0 saturated heterocycles. The predicted octanol–water partition coefficient (Wildman–Crippen LogP) is 1.27. The summed E-state index contributed by atoms with van der Waals surface area (Å²) in [4.78, 5) is 13.0. The first-order chi connectivity index (χ1) is 8.28. The number of aromatic nitrogens is 3. The third kappa shape index (κ3) is 3.32. The molecule has 2 rings (SSSR count). The van der Waals surface area contributed by atoms with Gasteiger partial charge in [-0.3, -0.25) is 0 Å². The van der Waals surface area contributed by atoms with Crippen LogP contribution in [0.3, 0.4) is 0 Å². The molecule has 1 heterocycles. The minimum atomic E-state index is 0.564. The number of hydrogen-bond acceptors (Lipinski definition) is 4. The van der Waals surface area contributed by atoms with Crippen molar-refractivity contribution in [2.45, 2.75) is 19.8 Å². The standard InChI is InChI=1S/C13H16N4/c1-10-15-12(7-8-14)17-13(16-10)9-11-5-3-2-4-6-11/h2-6H,7-9,14H2,1H3. The molecule has 1 aromatic heterocycles. The molecule has 0 aliphatic rings. The summed E-state index contributed by atoms with van der Waals surface area (Å²) in [5.41, 5.74) is 6.72. The van der Waals surface area contributed by atoms with Crippen molar-refractivity contribution in [3.8, 4) is 0 Å². The summed E-state index contributed by atoms with van der Waals surface area (Å²) in [5, 5.41) is 0. The normalized spacial score (nSPS) is 10.5. The lowest BCUT2D eigenvalue weighted by Crippen LogP contribution is -2.11. The summed E-state index contributed by atoms with van der Waals surface area (Å²) in [7, 11) is 0. The van der Waals surface area contributed by atoms with Gasteiger partial charge < -0.3 is 5.73 Å². The first kappa shape index (κ1) is 11.7. The quantitative estimate of drug-likeness (QED) is 0.856. The van der Waals surface area contributed by atoms with E-state index in [4.69, 9.17) is 5.73 Å². The lowest BCUT2D eigenvalue weighted by Gasteiger charge is -2.04. The number of nitrogens with zero attached hydrogens (tertiary/aromatic N) is 3. The zero-order chi connectivity index (χ0) is 12.1. The summed E-state index contributed by atoms with van der Waals surface area (Å²) < 4.78 is 0. The molecule has 0 aliphatic heterocycles. The fourth-order valence-electron chi connectivity index (χ4n) is 1.70. The minimum absolute atomic E-state index is 0.564. The lowest BCUT2D eigenvalue weighted by atomic mass is 10.1. The minimum Gasteiger partial charge on any atom is -0.330 e. The molecule has 0 fully saturated rings. The molecular weight excluding hydrogens is 212 g/mol. The van der Waals surface area contributed by atoms with Gasteiger partial charge in [-0.15, -0.1) is 0 Å². The fraction of sp³-hybridized carbons (Fsp3) is 0.308. The Bertz CT molecular complexity index is 482. The third-order valence-electron chi connectivity index (χ3n) is 2.41. The molecular formula is C13H16N4. The van der Waals surface area contributed by atoms with E-state index in [9.17, 15) is 0 Å². The van der Waals surface area contributed by atoms with Gasteiger partial charge in [0, 0.05) is 12.8 Å². The molecule has 17 heavy (non-hydrogen) atoms. The van der Waals surface area contributed by atoms with Gasteiger partial charge in [0.2, 0.25) is 0 Å². The van der Waals surface area contributed by atoms with E-state index in [-0.39, 0.29) is 0 Å². The Morgan fingerprint density at radius 2 is 1.71 bits per heavy atom. The van der Waals surface area contributed by atoms with Crippen LogP contribution in [0.4, 0.5) is 0 Å². The molecule has 2 aromatic rings. The third-order valence-corrected chi connectivity index (χ3v) is 2.41. The van der Waals surface area contributed by atoms with Crippen molar-refractivity contribution in [2.75, 3.05) is 6.54 Å². The molecule has 0 spiro atoms. The zero-order valence-corrected chi connectivity index (χ0v) is 9.93. The Hall–Kier alpha value is -1.81. The van der Waals surface area contributed by atoms with Crippen molar-refractivity contribution in [1.29, 1.82) is 0 Å². The molecule has 0 unspecified atom stereocenters. The molecule has 2 N–H and O–H groups in total. The molecule has 4 nitrogen and oxygen atoms in total. The van der Waals surface area contributed by atoms with E-state index in [0.29, 0.717) is 13.0 Å². The van der Waals surface area contributed by atoms with Gasteiger partial charge >= 0.3 is 0 Å². The van der Waals surface area contributed by atoms with Crippen LogP contribution in [0.25, 0.3) is 0 Å². The maximum Gasteiger partial charge on any atom is 0.136 e. The number of benzene rings is 1. The number of aryl methyl sites for hydroxylation is 1. The van der Waals surface area contributed by atoms with Crippen LogP contribution < -0.4 is 5.73 Å². The molecule has 0 amide bonds. The van der Waals surface area contributed by atoms with Crippen molar-refractivity contribution in [2.24, 2.45) is 5.73 Å². The molecule has 0 bridgehead atoms. The lowest BCUT2D eigenvalue weighted by molar-refractivity contribution is 0.783. The summed E-state index contributed by atoms with van der Waals surface area (Å²) >= 11 is 0. The average molecular weight is 228 g/mol. The second kappa shape index (κ2) is 5.50. The SMILES string of the molecule is Cc1nc(CCN)nc(Cc2ccccc2)n1. The van der Waals surface area contributed by atoms with Crippen molar-refractivity contribution in [3.05, 3.63) is 53.4 Å². The Morgan fingerprint density at radius 3 is 2.41 bits per heavy atom. The van der Waals surface area contributed by atoms with Crippen LogP contribution in [-0.2, 0) is 12.8 Å². The fourth-order valence-corrected chi connectivity index (χ4v) is 1.70. The maximum atomic E-state index is 5.51. The Kier molecular flexibility index (Phi) is 3.77. The summed E-state index contributed by atoms with van der Waals surface area (Å²) in [6, 6.07) is 10.2. The molecule has 0 saturated carbocycles. The van der Waals surface area contributed by atoms with E-state index < -0.39 is 0 Å². The van der Waals surface area contributed by atoms with E-state index >= 15 is 0 Å². The van der Waals surface area contributed by atoms with Crippen LogP contribution in [0.2, 0.25) is 0 Å². The monoisotopic (exact) mass is 228 g/mol. The Balaban J connectivity index is 2.21. The maximum absolute atomic E-state index is 5.51. The molecule has 88 valence electrons. The first-order valence-electron chi connectivity index (χ1n) is 5.72. The number of rotatable bonds is 4. The molecule has 0 atom stereocenters. The van der Waals surface area contributed by atoms with Crippen LogP contribution in [0, 0.1) is 6.92 Å². The molecule has 0 radical (unpaired) electrons. The zero-order valence-electron chi connectivity index (χ0n) is 9.93. The van der Waals surface area contributed by atoms with Gasteiger partial charge in [0.15, 0.2) is 0 Å². The van der Waals surface area contributed by atoms with Gasteiger partial charge in [-0.05, 0) is 19.0 Å². The Labute approximate surface area is 101 Å². The molecule has 0 aliphatic carbocycles. The van der Waals surface area contributed by atoms with E-state index in [1.807, 2.05) is 25.1 Å². The largest absolute Gasteiger partial charge is 0.330 e. The van der Waals surface area contributed by atoms with Crippen molar-refractivity contribution in [1.82, 2.24) is 15.0 Å². The predicted molar refractivity (Wildman–Crippen MR) is 66.6 cm³/mol. The average Bonchev–Trinajstić information content (AvgIpc) is 2.30. The summed E-state index contributed by atoms with van der Waals surface area (Å²) in [5.74, 6) is 2.35. The van der Waals surface area contributed by atoms with Crippen molar-refractivity contribution < 1.29 is 0 Å². The Morgan fingerprint density at radius 1 is 1.00 bits per heavy atom. The van der Waals surface area contributed by atoms with Gasteiger partial charge in [-0.25, -0.2) is 15.0 Å². The van der Waals surface area contributed by atoms with Crippen LogP contribution in [0.15, 0.2) is 30.3 Å². The highest BCUT2D eigenvalue weighted by Gasteiger charge is 2.04. The van der Waals surface area contributed by atoms with Crippen molar-refractivity contribution in [3.63, 3.8) is 0 Å². The van der Waals surface area contributed by atoms with Crippen LogP contribution >= 0.6 is 0 Å². The molecule has 1 aromatic carbocycles. The highest BCUT2D eigenvalue weighted by molar-refractivity contribution is 5.19. The number of hydrogen-bond donors (Lipinski definition) is 1. The van der Waals surface area contributed by atoms with Gasteiger partial charge in [-0.2, -0.15) is 0 Å². The highest BCUT2D eigenvalue weighted by atomic mass is 15.0. The van der Waals surface area contributed by atoms with Gasteiger partial charge in [0.1, 0.15) is 17.5 Å². The van der Waals surface area contributed by atoms with E-state index in [0.717, 1.165) is 23.9 Å². The highest BCUT2D eigenvalue weighted by Crippen LogP contribution is 2.05. The van der Waals surface area contributed by atoms with Crippen LogP contribution in [0.1, 0.15) is 23.0 Å². The van der Waals surface area contributed by atoms with E-state index in [2.05, 4.69) is 27.1 Å². The summed E-state index contributed by atoms with van der Waals surface area (Å²) in [6.45, 7) is 2.45. The van der Waals surface area contributed by atoms with Crippen molar-refractivity contribution >= 4 is 0 Å². The first-order valence-corrected chi connectivity index (χ1v) is 5.72. The summed E-state index contributed by atoms with van der Waals surface area (Å²) in [6.07, 6.45) is 1.44. The van der Waals surface area contributed by atoms with Crippen LogP contribution in [-0.4, -0.2) is 21.5 Å².